The van der Waals surface area contributed by atoms with Crippen LogP contribution in [0.5, 0.6) is 0 Å². The van der Waals surface area contributed by atoms with Crippen LogP contribution in [0.4, 0.5) is 0 Å². The van der Waals surface area contributed by atoms with Crippen LogP contribution < -0.4 is 0 Å². The molecule has 0 aromatic carbocycles. The topological polar surface area (TPSA) is 26.3 Å². The van der Waals surface area contributed by atoms with Gasteiger partial charge in [-0.1, -0.05) is 18.6 Å². The van der Waals surface area contributed by atoms with E-state index in [0.717, 1.165) is 6.42 Å². The summed E-state index contributed by atoms with van der Waals surface area (Å²) in [4.78, 5) is 11.1. The van der Waals surface area contributed by atoms with Gasteiger partial charge in [-0.15, -0.1) is 0 Å². The summed E-state index contributed by atoms with van der Waals surface area (Å²) in [5.41, 5.74) is 1.88. The molecular weight excluding hydrogens is 200 g/mol. The monoisotopic (exact) mass is 222 g/mol. The van der Waals surface area contributed by atoms with Crippen LogP contribution in [0.3, 0.4) is 0 Å². The zero-order valence-corrected chi connectivity index (χ0v) is 10.6. The van der Waals surface area contributed by atoms with E-state index >= 15 is 0 Å². The predicted molar refractivity (Wildman–Crippen MR) is 64.0 cm³/mol. The maximum atomic E-state index is 11.1. The summed E-state index contributed by atoms with van der Waals surface area (Å²) in [6.07, 6.45) is 8.31. The van der Waals surface area contributed by atoms with Gasteiger partial charge in [0.05, 0.1) is 0 Å². The van der Waals surface area contributed by atoms with E-state index in [9.17, 15) is 4.79 Å². The van der Waals surface area contributed by atoms with Crippen molar-refractivity contribution in [2.24, 2.45) is 11.3 Å². The molecule has 3 atom stereocenters. The molecule has 0 radical (unpaired) electrons. The molecule has 0 aromatic rings. The number of allylic oxidation sites excluding steroid dienone is 2. The highest BCUT2D eigenvalue weighted by molar-refractivity contribution is 5.66. The largest absolute Gasteiger partial charge is 0.462 e. The van der Waals surface area contributed by atoms with E-state index in [1.807, 2.05) is 0 Å². The van der Waals surface area contributed by atoms with Crippen LogP contribution in [-0.2, 0) is 9.53 Å². The lowest BCUT2D eigenvalue weighted by atomic mass is 9.66. The summed E-state index contributed by atoms with van der Waals surface area (Å²) in [6, 6.07) is 0. The Labute approximate surface area is 98.1 Å². The van der Waals surface area contributed by atoms with Crippen LogP contribution in [0.1, 0.15) is 52.9 Å². The number of carbonyl (C=O) groups excluding carboxylic acids is 1. The summed E-state index contributed by atoms with van der Waals surface area (Å²) < 4.78 is 5.50. The molecule has 2 saturated carbocycles. The molecule has 2 heteroatoms. The van der Waals surface area contributed by atoms with Crippen molar-refractivity contribution < 1.29 is 9.53 Å². The van der Waals surface area contributed by atoms with Gasteiger partial charge < -0.3 is 4.74 Å². The van der Waals surface area contributed by atoms with Crippen molar-refractivity contribution in [3.63, 3.8) is 0 Å². The molecule has 2 aliphatic rings. The summed E-state index contributed by atoms with van der Waals surface area (Å²) in [7, 11) is 0. The number of hydrogen-bond acceptors (Lipinski definition) is 2. The van der Waals surface area contributed by atoms with Gasteiger partial charge >= 0.3 is 5.97 Å². The van der Waals surface area contributed by atoms with Crippen molar-refractivity contribution in [2.45, 2.75) is 59.0 Å². The number of rotatable bonds is 1. The minimum absolute atomic E-state index is 0.122. The smallest absolute Gasteiger partial charge is 0.302 e. The molecule has 2 rings (SSSR count). The van der Waals surface area contributed by atoms with E-state index in [0.29, 0.717) is 11.3 Å². The molecule has 2 fully saturated rings. The van der Waals surface area contributed by atoms with Crippen LogP contribution in [0.2, 0.25) is 0 Å². The molecule has 16 heavy (non-hydrogen) atoms. The molecule has 0 saturated heterocycles. The van der Waals surface area contributed by atoms with Crippen molar-refractivity contribution in [3.8, 4) is 0 Å². The van der Waals surface area contributed by atoms with Crippen molar-refractivity contribution in [1.29, 1.82) is 0 Å². The van der Waals surface area contributed by atoms with Crippen molar-refractivity contribution in [1.82, 2.24) is 0 Å². The Bertz CT molecular complexity index is 319. The Morgan fingerprint density at radius 3 is 2.88 bits per heavy atom. The van der Waals surface area contributed by atoms with Crippen molar-refractivity contribution >= 4 is 5.97 Å². The van der Waals surface area contributed by atoms with Crippen LogP contribution in [0.15, 0.2) is 11.6 Å². The Hall–Kier alpha value is -0.790. The average Bonchev–Trinajstić information content (AvgIpc) is 2.54. The fourth-order valence-corrected chi connectivity index (χ4v) is 3.80. The van der Waals surface area contributed by atoms with Gasteiger partial charge in [0.15, 0.2) is 0 Å². The predicted octanol–water partition coefficient (Wildman–Crippen LogP) is 3.46. The minimum atomic E-state index is -0.122. The maximum Gasteiger partial charge on any atom is 0.302 e. The third-order valence-corrected chi connectivity index (χ3v) is 4.58. The first kappa shape index (κ1) is 11.7. The molecule has 2 nitrogen and oxygen atoms in total. The van der Waals surface area contributed by atoms with Crippen LogP contribution in [0, 0.1) is 11.3 Å². The molecule has 90 valence electrons. The van der Waals surface area contributed by atoms with E-state index in [2.05, 4.69) is 19.9 Å². The van der Waals surface area contributed by atoms with Crippen molar-refractivity contribution in [2.75, 3.05) is 0 Å². The van der Waals surface area contributed by atoms with Gasteiger partial charge in [-0.25, -0.2) is 0 Å². The highest BCUT2D eigenvalue weighted by atomic mass is 16.5. The Morgan fingerprint density at radius 2 is 2.25 bits per heavy atom. The highest BCUT2D eigenvalue weighted by Crippen LogP contribution is 2.55. The van der Waals surface area contributed by atoms with Crippen LogP contribution in [-0.4, -0.2) is 12.1 Å². The van der Waals surface area contributed by atoms with Gasteiger partial charge in [0.2, 0.25) is 0 Å². The van der Waals surface area contributed by atoms with E-state index < -0.39 is 0 Å². The van der Waals surface area contributed by atoms with E-state index in [1.54, 1.807) is 5.57 Å². The van der Waals surface area contributed by atoms with Gasteiger partial charge in [0.1, 0.15) is 6.10 Å². The lowest BCUT2D eigenvalue weighted by Gasteiger charge is -2.42. The Morgan fingerprint density at radius 1 is 1.50 bits per heavy atom. The maximum absolute atomic E-state index is 11.1. The molecule has 2 aliphatic carbocycles. The van der Waals surface area contributed by atoms with Gasteiger partial charge in [0.25, 0.3) is 0 Å². The summed E-state index contributed by atoms with van der Waals surface area (Å²) in [6.45, 7) is 6.02. The van der Waals surface area contributed by atoms with E-state index in [4.69, 9.17) is 4.74 Å². The first-order valence-electron chi connectivity index (χ1n) is 6.41. The lowest BCUT2D eigenvalue weighted by Crippen LogP contribution is -2.39. The highest BCUT2D eigenvalue weighted by Gasteiger charge is 2.49. The van der Waals surface area contributed by atoms with Crippen molar-refractivity contribution in [3.05, 3.63) is 11.6 Å². The zero-order valence-electron chi connectivity index (χ0n) is 10.6. The SMILES string of the molecule is C/C=C1\CC[C@H]2[C@@H](OC(C)=O)CCC[C@@]12C. The summed E-state index contributed by atoms with van der Waals surface area (Å²) >= 11 is 0. The number of hydrogen-bond donors (Lipinski definition) is 0. The minimum Gasteiger partial charge on any atom is -0.462 e. The summed E-state index contributed by atoms with van der Waals surface area (Å²) in [5, 5.41) is 0. The van der Waals surface area contributed by atoms with Gasteiger partial charge in [-0.05, 0) is 44.4 Å². The van der Waals surface area contributed by atoms with Gasteiger partial charge in [0, 0.05) is 12.8 Å². The number of carbonyl (C=O) groups is 1. The average molecular weight is 222 g/mol. The van der Waals surface area contributed by atoms with Crippen LogP contribution >= 0.6 is 0 Å². The van der Waals surface area contributed by atoms with Gasteiger partial charge in [-0.3, -0.25) is 4.79 Å². The molecule has 0 spiro atoms. The third kappa shape index (κ3) is 1.79. The first-order chi connectivity index (χ1) is 7.58. The normalized spacial score (nSPS) is 40.8. The second kappa shape index (κ2) is 4.23. The number of esters is 1. The molecule has 0 unspecified atom stereocenters. The fraction of sp³-hybridized carbons (Fsp3) is 0.786. The molecule has 0 amide bonds. The molecule has 0 heterocycles. The van der Waals surface area contributed by atoms with E-state index in [-0.39, 0.29) is 12.1 Å². The Kier molecular flexibility index (Phi) is 3.09. The molecule has 0 aromatic heterocycles. The molecular formula is C14H22O2. The summed E-state index contributed by atoms with van der Waals surface area (Å²) in [5.74, 6) is 0.430. The van der Waals surface area contributed by atoms with Crippen LogP contribution in [0.25, 0.3) is 0 Å². The van der Waals surface area contributed by atoms with Gasteiger partial charge in [-0.2, -0.15) is 0 Å². The zero-order chi connectivity index (χ0) is 11.8. The standard InChI is InChI=1S/C14H22O2/c1-4-11-7-8-12-13(16-10(2)15)6-5-9-14(11,12)3/h4,12-13H,5-9H2,1-3H3/b11-4+/t12-,13-,14-/m0/s1. The van der Waals surface area contributed by atoms with E-state index in [1.165, 1.54) is 32.6 Å². The number of fused-ring (bicyclic) bond motifs is 1. The molecule has 0 bridgehead atoms. The fourth-order valence-electron chi connectivity index (χ4n) is 3.80. The Balaban J connectivity index is 2.19. The lowest BCUT2D eigenvalue weighted by molar-refractivity contribution is -0.153. The quantitative estimate of drug-likeness (QED) is 0.501. The number of ether oxygens (including phenoxy) is 1. The third-order valence-electron chi connectivity index (χ3n) is 4.58. The molecule has 0 N–H and O–H groups in total. The second-order valence-corrected chi connectivity index (χ2v) is 5.42. The second-order valence-electron chi connectivity index (χ2n) is 5.42. The first-order valence-corrected chi connectivity index (χ1v) is 6.41. The molecule has 0 aliphatic heterocycles.